The number of amides is 2. The smallest absolute Gasteiger partial charge is 0.267 e. The molecule has 6 nitrogen and oxygen atoms in total. The molecule has 0 spiro atoms. The van der Waals surface area contributed by atoms with Gasteiger partial charge in [-0.25, -0.2) is 0 Å². The number of nitrogens with one attached hydrogen (secondary N) is 1. The summed E-state index contributed by atoms with van der Waals surface area (Å²) in [7, 11) is 0. The Balaban J connectivity index is 1.54. The molecule has 2 aromatic carbocycles. The van der Waals surface area contributed by atoms with E-state index in [1.54, 1.807) is 24.0 Å². The fourth-order valence-electron chi connectivity index (χ4n) is 3.98. The summed E-state index contributed by atoms with van der Waals surface area (Å²) in [6.45, 7) is 5.40. The minimum atomic E-state index is -0.514. The summed E-state index contributed by atoms with van der Waals surface area (Å²) in [4.78, 5) is 29.7. The van der Waals surface area contributed by atoms with Crippen molar-refractivity contribution in [2.45, 2.75) is 32.3 Å². The normalized spacial score (nSPS) is 19.2. The number of carbonyl (C=O) groups is 2. The minimum absolute atomic E-state index is 0.0474. The maximum Gasteiger partial charge on any atom is 0.267 e. The third-order valence-corrected chi connectivity index (χ3v) is 6.32. The number of anilines is 2. The number of carbonyl (C=O) groups excluding carboxylic acids is 2. The highest BCUT2D eigenvalue weighted by Gasteiger charge is 2.32. The number of rotatable bonds is 5. The first-order valence-electron chi connectivity index (χ1n) is 10.4. The molecule has 2 aliphatic rings. The van der Waals surface area contributed by atoms with Crippen molar-refractivity contribution in [3.63, 3.8) is 0 Å². The monoisotopic (exact) mass is 471 g/mol. The molecule has 1 fully saturated rings. The average molecular weight is 472 g/mol. The SMILES string of the molecule is CC1Oc2ccc(NC(=O)c3ccccc3Br)cc2N(CCN2CCCCC2)C1=O. The summed E-state index contributed by atoms with van der Waals surface area (Å²) < 4.78 is 6.54. The average Bonchev–Trinajstić information content (AvgIpc) is 2.75. The quantitative estimate of drug-likeness (QED) is 0.705. The van der Waals surface area contributed by atoms with Crippen LogP contribution in [0.4, 0.5) is 11.4 Å². The molecule has 1 N–H and O–H groups in total. The predicted octanol–water partition coefficient (Wildman–Crippen LogP) is 4.30. The Bertz CT molecular complexity index is 943. The number of halogens is 1. The van der Waals surface area contributed by atoms with Crippen LogP contribution in [0.15, 0.2) is 46.9 Å². The molecule has 2 heterocycles. The van der Waals surface area contributed by atoms with Crippen LogP contribution in [0.25, 0.3) is 0 Å². The first kappa shape index (κ1) is 20.9. The maximum atomic E-state index is 12.8. The lowest BCUT2D eigenvalue weighted by Crippen LogP contribution is -2.48. The van der Waals surface area contributed by atoms with E-state index in [-0.39, 0.29) is 11.8 Å². The number of likely N-dealkylation sites (tertiary alicyclic amines) is 1. The van der Waals surface area contributed by atoms with Crippen LogP contribution in [0.3, 0.4) is 0 Å². The van der Waals surface area contributed by atoms with Crippen molar-refractivity contribution in [1.29, 1.82) is 0 Å². The lowest BCUT2D eigenvalue weighted by molar-refractivity contribution is -0.125. The van der Waals surface area contributed by atoms with E-state index in [0.717, 1.165) is 24.1 Å². The van der Waals surface area contributed by atoms with Gasteiger partial charge in [0.2, 0.25) is 0 Å². The highest BCUT2D eigenvalue weighted by molar-refractivity contribution is 9.10. The molecule has 1 saturated heterocycles. The van der Waals surface area contributed by atoms with Gasteiger partial charge in [-0.15, -0.1) is 0 Å². The van der Waals surface area contributed by atoms with Gasteiger partial charge in [0.1, 0.15) is 5.75 Å². The topological polar surface area (TPSA) is 61.9 Å². The van der Waals surface area contributed by atoms with Crippen LogP contribution in [0, 0.1) is 0 Å². The first-order chi connectivity index (χ1) is 14.5. The third-order valence-electron chi connectivity index (χ3n) is 5.63. The summed E-state index contributed by atoms with van der Waals surface area (Å²) in [6.07, 6.45) is 3.21. The van der Waals surface area contributed by atoms with Crippen LogP contribution in [-0.4, -0.2) is 49.0 Å². The molecule has 2 amide bonds. The van der Waals surface area contributed by atoms with E-state index in [9.17, 15) is 9.59 Å². The number of ether oxygens (including phenoxy) is 1. The second kappa shape index (κ2) is 9.18. The Morgan fingerprint density at radius 2 is 1.90 bits per heavy atom. The van der Waals surface area contributed by atoms with Gasteiger partial charge < -0.3 is 19.9 Å². The van der Waals surface area contributed by atoms with Crippen molar-refractivity contribution >= 4 is 39.1 Å². The lowest BCUT2D eigenvalue weighted by Gasteiger charge is -2.35. The second-order valence-electron chi connectivity index (χ2n) is 7.77. The van der Waals surface area contributed by atoms with E-state index < -0.39 is 6.10 Å². The van der Waals surface area contributed by atoms with E-state index >= 15 is 0 Å². The number of hydrogen-bond donors (Lipinski definition) is 1. The van der Waals surface area contributed by atoms with E-state index in [4.69, 9.17) is 4.74 Å². The molecule has 0 aliphatic carbocycles. The minimum Gasteiger partial charge on any atom is -0.479 e. The molecule has 0 bridgehead atoms. The molecular formula is C23H26BrN3O3. The number of fused-ring (bicyclic) bond motifs is 1. The molecule has 0 saturated carbocycles. The van der Waals surface area contributed by atoms with E-state index in [2.05, 4.69) is 26.1 Å². The maximum absolute atomic E-state index is 12.8. The largest absolute Gasteiger partial charge is 0.479 e. The van der Waals surface area contributed by atoms with Crippen LogP contribution in [0.1, 0.15) is 36.5 Å². The predicted molar refractivity (Wildman–Crippen MR) is 121 cm³/mol. The Hall–Kier alpha value is -2.38. The first-order valence-corrected chi connectivity index (χ1v) is 11.2. The molecule has 7 heteroatoms. The van der Waals surface area contributed by atoms with Crippen LogP contribution in [0.2, 0.25) is 0 Å². The molecule has 0 radical (unpaired) electrons. The molecule has 30 heavy (non-hydrogen) atoms. The molecule has 4 rings (SSSR count). The Morgan fingerprint density at radius 3 is 2.67 bits per heavy atom. The number of hydrogen-bond acceptors (Lipinski definition) is 4. The fraction of sp³-hybridized carbons (Fsp3) is 0.391. The Morgan fingerprint density at radius 1 is 1.13 bits per heavy atom. The van der Waals surface area contributed by atoms with Gasteiger partial charge in [-0.05, 0) is 79.1 Å². The van der Waals surface area contributed by atoms with Gasteiger partial charge in [-0.2, -0.15) is 0 Å². The van der Waals surface area contributed by atoms with Crippen molar-refractivity contribution < 1.29 is 14.3 Å². The summed E-state index contributed by atoms with van der Waals surface area (Å²) in [5.74, 6) is 0.409. The molecular weight excluding hydrogens is 446 g/mol. The van der Waals surface area contributed by atoms with Gasteiger partial charge >= 0.3 is 0 Å². The van der Waals surface area contributed by atoms with Crippen LogP contribution < -0.4 is 15.0 Å². The van der Waals surface area contributed by atoms with Crippen molar-refractivity contribution in [2.75, 3.05) is 36.4 Å². The zero-order valence-electron chi connectivity index (χ0n) is 17.1. The fourth-order valence-corrected chi connectivity index (χ4v) is 4.45. The standard InChI is InChI=1S/C23H26BrN3O3/c1-16-23(29)27(14-13-26-11-5-2-6-12-26)20-15-17(9-10-21(20)30-16)25-22(28)18-7-3-4-8-19(18)24/h3-4,7-10,15-16H,2,5-6,11-14H2,1H3,(H,25,28). The van der Waals surface area contributed by atoms with Crippen molar-refractivity contribution in [3.05, 3.63) is 52.5 Å². The lowest BCUT2D eigenvalue weighted by atomic mass is 10.1. The highest BCUT2D eigenvalue weighted by Crippen LogP contribution is 2.36. The van der Waals surface area contributed by atoms with Gasteiger partial charge in [0.25, 0.3) is 11.8 Å². The third kappa shape index (κ3) is 4.52. The van der Waals surface area contributed by atoms with E-state index in [0.29, 0.717) is 29.2 Å². The van der Waals surface area contributed by atoms with Crippen LogP contribution in [0.5, 0.6) is 5.75 Å². The van der Waals surface area contributed by atoms with Crippen molar-refractivity contribution in [1.82, 2.24) is 4.90 Å². The molecule has 0 aromatic heterocycles. The van der Waals surface area contributed by atoms with E-state index in [1.165, 1.54) is 19.3 Å². The zero-order chi connectivity index (χ0) is 21.1. The summed E-state index contributed by atoms with van der Waals surface area (Å²) >= 11 is 3.41. The highest BCUT2D eigenvalue weighted by atomic mass is 79.9. The Kier molecular flexibility index (Phi) is 6.39. The number of piperidine rings is 1. The molecule has 1 unspecified atom stereocenters. The van der Waals surface area contributed by atoms with E-state index in [1.807, 2.05) is 30.3 Å². The number of benzene rings is 2. The Labute approximate surface area is 185 Å². The van der Waals surface area contributed by atoms with Crippen LogP contribution in [-0.2, 0) is 4.79 Å². The summed E-state index contributed by atoms with van der Waals surface area (Å²) in [5.41, 5.74) is 1.89. The zero-order valence-corrected chi connectivity index (χ0v) is 18.7. The second-order valence-corrected chi connectivity index (χ2v) is 8.62. The van der Waals surface area contributed by atoms with Gasteiger partial charge in [0, 0.05) is 23.2 Å². The molecule has 1 atom stereocenters. The molecule has 158 valence electrons. The molecule has 2 aromatic rings. The van der Waals surface area contributed by atoms with Gasteiger partial charge in [0.05, 0.1) is 11.3 Å². The summed E-state index contributed by atoms with van der Waals surface area (Å²) in [6, 6.07) is 12.7. The van der Waals surface area contributed by atoms with Gasteiger partial charge in [-0.3, -0.25) is 9.59 Å². The van der Waals surface area contributed by atoms with Crippen LogP contribution >= 0.6 is 15.9 Å². The summed E-state index contributed by atoms with van der Waals surface area (Å²) in [5, 5.41) is 2.93. The van der Waals surface area contributed by atoms with Crippen molar-refractivity contribution in [3.8, 4) is 5.75 Å². The molecule has 2 aliphatic heterocycles. The van der Waals surface area contributed by atoms with Gasteiger partial charge in [0.15, 0.2) is 6.10 Å². The van der Waals surface area contributed by atoms with Crippen molar-refractivity contribution in [2.24, 2.45) is 0 Å². The van der Waals surface area contributed by atoms with Gasteiger partial charge in [-0.1, -0.05) is 18.6 Å². The number of nitrogens with zero attached hydrogens (tertiary/aromatic N) is 2.